The van der Waals surface area contributed by atoms with Crippen LogP contribution in [0.2, 0.25) is 0 Å². The fourth-order valence-corrected chi connectivity index (χ4v) is 4.74. The zero-order valence-corrected chi connectivity index (χ0v) is 17.2. The Morgan fingerprint density at radius 3 is 2.97 bits per heavy atom. The molecule has 1 amide bonds. The first kappa shape index (κ1) is 19.3. The standard InChI is InChI=1S/C23H28N4O3/c28-21(9-3-5-17-15-24-19-7-2-1-6-18(17)19)27-12-4-8-20(27)23-25-22(26-30-23)16-10-13-29-14-11-16/h1-2,6-7,15-16,20,24H,3-5,8-14H2. The van der Waals surface area contributed by atoms with Gasteiger partial charge in [0.25, 0.3) is 0 Å². The number of carbonyl (C=O) groups is 1. The predicted molar refractivity (Wildman–Crippen MR) is 112 cm³/mol. The first-order valence-corrected chi connectivity index (χ1v) is 11.1. The Balaban J connectivity index is 1.19. The summed E-state index contributed by atoms with van der Waals surface area (Å²) in [6.45, 7) is 2.27. The largest absolute Gasteiger partial charge is 0.381 e. The molecule has 2 saturated heterocycles. The van der Waals surface area contributed by atoms with Gasteiger partial charge in [0.1, 0.15) is 6.04 Å². The highest BCUT2D eigenvalue weighted by Gasteiger charge is 2.34. The average Bonchev–Trinajstić information content (AvgIpc) is 3.53. The van der Waals surface area contributed by atoms with Crippen LogP contribution < -0.4 is 0 Å². The third-order valence-corrected chi connectivity index (χ3v) is 6.41. The molecule has 3 aromatic rings. The van der Waals surface area contributed by atoms with Crippen LogP contribution in [0.3, 0.4) is 0 Å². The fraction of sp³-hybridized carbons (Fsp3) is 0.522. The lowest BCUT2D eigenvalue weighted by molar-refractivity contribution is -0.132. The van der Waals surface area contributed by atoms with E-state index in [0.717, 1.165) is 69.6 Å². The van der Waals surface area contributed by atoms with E-state index < -0.39 is 0 Å². The molecule has 0 bridgehead atoms. The van der Waals surface area contributed by atoms with Gasteiger partial charge in [-0.05, 0) is 50.2 Å². The molecule has 1 atom stereocenters. The molecule has 1 N–H and O–H groups in total. The van der Waals surface area contributed by atoms with E-state index in [4.69, 9.17) is 9.26 Å². The molecular weight excluding hydrogens is 380 g/mol. The molecule has 2 aliphatic rings. The molecule has 30 heavy (non-hydrogen) atoms. The number of amides is 1. The Labute approximate surface area is 175 Å². The minimum absolute atomic E-state index is 0.0771. The third kappa shape index (κ3) is 3.86. The summed E-state index contributed by atoms with van der Waals surface area (Å²) in [5, 5.41) is 5.47. The number of nitrogens with one attached hydrogen (secondary N) is 1. The maximum absolute atomic E-state index is 12.9. The Kier molecular flexibility index (Phi) is 5.53. The number of hydrogen-bond donors (Lipinski definition) is 1. The second kappa shape index (κ2) is 8.60. The summed E-state index contributed by atoms with van der Waals surface area (Å²) in [5.41, 5.74) is 2.42. The number of H-pyrrole nitrogens is 1. The van der Waals surface area contributed by atoms with Crippen molar-refractivity contribution < 1.29 is 14.1 Å². The molecule has 2 fully saturated rings. The quantitative estimate of drug-likeness (QED) is 0.663. The Morgan fingerprint density at radius 1 is 1.20 bits per heavy atom. The minimum atomic E-state index is -0.0771. The van der Waals surface area contributed by atoms with E-state index in [2.05, 4.69) is 39.5 Å². The van der Waals surface area contributed by atoms with Crippen molar-refractivity contribution in [1.29, 1.82) is 0 Å². The first-order chi connectivity index (χ1) is 14.8. The zero-order chi connectivity index (χ0) is 20.3. The van der Waals surface area contributed by atoms with Crippen LogP contribution in [0.5, 0.6) is 0 Å². The summed E-state index contributed by atoms with van der Waals surface area (Å²) in [6.07, 6.45) is 8.06. The predicted octanol–water partition coefficient (Wildman–Crippen LogP) is 4.13. The van der Waals surface area contributed by atoms with E-state index in [-0.39, 0.29) is 11.9 Å². The van der Waals surface area contributed by atoms with Gasteiger partial charge in [0, 0.05) is 49.2 Å². The number of benzene rings is 1. The van der Waals surface area contributed by atoms with Crippen molar-refractivity contribution in [3.63, 3.8) is 0 Å². The van der Waals surface area contributed by atoms with Gasteiger partial charge in [0.05, 0.1) is 0 Å². The van der Waals surface area contributed by atoms with E-state index in [0.29, 0.717) is 18.2 Å². The van der Waals surface area contributed by atoms with Crippen molar-refractivity contribution in [2.24, 2.45) is 0 Å². The number of ether oxygens (including phenoxy) is 1. The molecule has 5 rings (SSSR count). The second-order valence-corrected chi connectivity index (χ2v) is 8.34. The lowest BCUT2D eigenvalue weighted by Crippen LogP contribution is -2.30. The summed E-state index contributed by atoms with van der Waals surface area (Å²) in [4.78, 5) is 22.9. The molecule has 158 valence electrons. The molecular formula is C23H28N4O3. The minimum Gasteiger partial charge on any atom is -0.381 e. The number of nitrogens with zero attached hydrogens (tertiary/aromatic N) is 3. The Hall–Kier alpha value is -2.67. The number of rotatable bonds is 6. The van der Waals surface area contributed by atoms with Gasteiger partial charge in [-0.1, -0.05) is 23.4 Å². The lowest BCUT2D eigenvalue weighted by Gasteiger charge is -2.22. The topological polar surface area (TPSA) is 84.2 Å². The molecule has 0 radical (unpaired) electrons. The summed E-state index contributed by atoms with van der Waals surface area (Å²) in [6, 6.07) is 8.22. The van der Waals surface area contributed by atoms with E-state index in [9.17, 15) is 4.79 Å². The normalized spacial score (nSPS) is 20.3. The van der Waals surface area contributed by atoms with Crippen LogP contribution in [-0.4, -0.2) is 45.7 Å². The van der Waals surface area contributed by atoms with Crippen LogP contribution in [0.25, 0.3) is 10.9 Å². The number of carbonyl (C=O) groups excluding carboxylic acids is 1. The van der Waals surface area contributed by atoms with Crippen LogP contribution >= 0.6 is 0 Å². The zero-order valence-electron chi connectivity index (χ0n) is 17.2. The van der Waals surface area contributed by atoms with E-state index in [1.165, 1.54) is 10.9 Å². The maximum Gasteiger partial charge on any atom is 0.249 e. The molecule has 7 heteroatoms. The smallest absolute Gasteiger partial charge is 0.249 e. The Morgan fingerprint density at radius 2 is 2.07 bits per heavy atom. The third-order valence-electron chi connectivity index (χ3n) is 6.41. The van der Waals surface area contributed by atoms with Crippen LogP contribution in [-0.2, 0) is 16.0 Å². The first-order valence-electron chi connectivity index (χ1n) is 11.1. The van der Waals surface area contributed by atoms with Gasteiger partial charge in [0.2, 0.25) is 11.8 Å². The SMILES string of the molecule is O=C(CCCc1c[nH]c2ccccc12)N1CCCC1c1nc(C2CCOCC2)no1. The van der Waals surface area contributed by atoms with Crippen molar-refractivity contribution in [1.82, 2.24) is 20.0 Å². The highest BCUT2D eigenvalue weighted by molar-refractivity contribution is 5.83. The fourth-order valence-electron chi connectivity index (χ4n) is 4.74. The molecule has 2 aliphatic heterocycles. The monoisotopic (exact) mass is 408 g/mol. The van der Waals surface area contributed by atoms with Gasteiger partial charge in [-0.2, -0.15) is 4.98 Å². The van der Waals surface area contributed by atoms with E-state index >= 15 is 0 Å². The van der Waals surface area contributed by atoms with Gasteiger partial charge < -0.3 is 19.1 Å². The van der Waals surface area contributed by atoms with Gasteiger partial charge >= 0.3 is 0 Å². The highest BCUT2D eigenvalue weighted by Crippen LogP contribution is 2.33. The molecule has 2 aromatic heterocycles. The van der Waals surface area contributed by atoms with Crippen molar-refractivity contribution in [2.45, 2.75) is 56.9 Å². The van der Waals surface area contributed by atoms with Gasteiger partial charge in [-0.3, -0.25) is 4.79 Å². The maximum atomic E-state index is 12.9. The van der Waals surface area contributed by atoms with E-state index in [1.807, 2.05) is 11.0 Å². The summed E-state index contributed by atoms with van der Waals surface area (Å²) in [5.74, 6) is 1.85. The van der Waals surface area contributed by atoms with Gasteiger partial charge in [0.15, 0.2) is 5.82 Å². The summed E-state index contributed by atoms with van der Waals surface area (Å²) in [7, 11) is 0. The molecule has 7 nitrogen and oxygen atoms in total. The molecule has 4 heterocycles. The van der Waals surface area contributed by atoms with Crippen molar-refractivity contribution in [2.75, 3.05) is 19.8 Å². The number of fused-ring (bicyclic) bond motifs is 1. The van der Waals surface area contributed by atoms with Gasteiger partial charge in [-0.25, -0.2) is 0 Å². The number of aromatic amines is 1. The Bertz CT molecular complexity index is 1000. The summed E-state index contributed by atoms with van der Waals surface area (Å²) >= 11 is 0. The van der Waals surface area contributed by atoms with Crippen LogP contribution in [0.4, 0.5) is 0 Å². The summed E-state index contributed by atoms with van der Waals surface area (Å²) < 4.78 is 11.0. The van der Waals surface area contributed by atoms with Crippen LogP contribution in [0.15, 0.2) is 35.0 Å². The molecule has 1 aromatic carbocycles. The number of likely N-dealkylation sites (tertiary alicyclic amines) is 1. The number of hydrogen-bond acceptors (Lipinski definition) is 5. The van der Waals surface area contributed by atoms with Gasteiger partial charge in [-0.15, -0.1) is 0 Å². The van der Waals surface area contributed by atoms with Crippen molar-refractivity contribution in [3.8, 4) is 0 Å². The molecule has 0 saturated carbocycles. The van der Waals surface area contributed by atoms with Crippen LogP contribution in [0.1, 0.15) is 67.8 Å². The van der Waals surface area contributed by atoms with Crippen LogP contribution in [0, 0.1) is 0 Å². The number of para-hydroxylation sites is 1. The molecule has 0 spiro atoms. The van der Waals surface area contributed by atoms with Crippen molar-refractivity contribution in [3.05, 3.63) is 47.7 Å². The molecule has 1 unspecified atom stereocenters. The molecule has 0 aliphatic carbocycles. The average molecular weight is 409 g/mol. The number of aryl methyl sites for hydroxylation is 1. The van der Waals surface area contributed by atoms with E-state index in [1.54, 1.807) is 0 Å². The highest BCUT2D eigenvalue weighted by atomic mass is 16.5. The number of aromatic nitrogens is 3. The van der Waals surface area contributed by atoms with Crippen molar-refractivity contribution >= 4 is 16.8 Å². The lowest BCUT2D eigenvalue weighted by atomic mass is 10.00. The second-order valence-electron chi connectivity index (χ2n) is 8.34.